The second-order valence-electron chi connectivity index (χ2n) is 6.17. The summed E-state index contributed by atoms with van der Waals surface area (Å²) >= 11 is 0. The third kappa shape index (κ3) is 2.35. The third-order valence-electron chi connectivity index (χ3n) is 4.62. The second kappa shape index (κ2) is 5.77. The van der Waals surface area contributed by atoms with E-state index in [0.717, 1.165) is 27.6 Å². The van der Waals surface area contributed by atoms with E-state index < -0.39 is 0 Å². The molecular weight excluding hydrogens is 329 g/mol. The van der Waals surface area contributed by atoms with E-state index in [1.54, 1.807) is 16.8 Å². The van der Waals surface area contributed by atoms with Crippen molar-refractivity contribution in [2.75, 3.05) is 5.32 Å². The standard InChI is InChI=1S/C20H14FN5/c21-15-10-8-14(9-11-15)18-12-19(26-20(22-18)23-24-25-26)17-7-3-5-13-4-1-2-6-16(13)17/h1-12,19H,(H,22,23,25)/t19-/m1/s1. The summed E-state index contributed by atoms with van der Waals surface area (Å²) in [4.78, 5) is 0. The average Bonchev–Trinajstić information content (AvgIpc) is 3.16. The Hall–Kier alpha value is -3.54. The summed E-state index contributed by atoms with van der Waals surface area (Å²) < 4.78 is 15.0. The number of benzene rings is 3. The second-order valence-corrected chi connectivity index (χ2v) is 6.17. The molecule has 3 aromatic carbocycles. The molecule has 26 heavy (non-hydrogen) atoms. The van der Waals surface area contributed by atoms with Gasteiger partial charge in [-0.15, -0.1) is 0 Å². The van der Waals surface area contributed by atoms with Gasteiger partial charge in [-0.3, -0.25) is 0 Å². The van der Waals surface area contributed by atoms with Crippen molar-refractivity contribution in [1.82, 2.24) is 20.2 Å². The highest BCUT2D eigenvalue weighted by atomic mass is 19.1. The summed E-state index contributed by atoms with van der Waals surface area (Å²) in [6.07, 6.45) is 2.07. The lowest BCUT2D eigenvalue weighted by molar-refractivity contribution is 0.588. The molecule has 0 unspecified atom stereocenters. The number of halogens is 1. The van der Waals surface area contributed by atoms with Gasteiger partial charge >= 0.3 is 0 Å². The number of nitrogens with zero attached hydrogens (tertiary/aromatic N) is 4. The van der Waals surface area contributed by atoms with Gasteiger partial charge < -0.3 is 5.32 Å². The number of nitrogens with one attached hydrogen (secondary N) is 1. The number of rotatable bonds is 2. The quantitative estimate of drug-likeness (QED) is 0.597. The van der Waals surface area contributed by atoms with E-state index in [-0.39, 0.29) is 11.9 Å². The predicted octanol–water partition coefficient (Wildman–Crippen LogP) is 4.02. The highest BCUT2D eigenvalue weighted by molar-refractivity contribution is 5.87. The van der Waals surface area contributed by atoms with Gasteiger partial charge in [0.05, 0.1) is 0 Å². The van der Waals surface area contributed by atoms with Crippen LogP contribution >= 0.6 is 0 Å². The molecule has 1 atom stereocenters. The van der Waals surface area contributed by atoms with Gasteiger partial charge in [0.15, 0.2) is 0 Å². The SMILES string of the molecule is Fc1ccc(C2=C[C@H](c3cccc4ccccc34)n3nnnc3N2)cc1. The molecule has 0 radical (unpaired) electrons. The van der Waals surface area contributed by atoms with Crippen molar-refractivity contribution < 1.29 is 4.39 Å². The first-order valence-electron chi connectivity index (χ1n) is 8.30. The van der Waals surface area contributed by atoms with Gasteiger partial charge in [0.2, 0.25) is 5.95 Å². The van der Waals surface area contributed by atoms with E-state index in [1.165, 1.54) is 12.1 Å². The van der Waals surface area contributed by atoms with Crippen molar-refractivity contribution in [3.05, 3.63) is 89.8 Å². The van der Waals surface area contributed by atoms with Gasteiger partial charge in [-0.05, 0) is 62.7 Å². The minimum absolute atomic E-state index is 0.160. The molecule has 0 fully saturated rings. The van der Waals surface area contributed by atoms with Gasteiger partial charge in [0, 0.05) is 5.70 Å². The summed E-state index contributed by atoms with van der Waals surface area (Å²) in [5.41, 5.74) is 2.84. The molecule has 5 rings (SSSR count). The topological polar surface area (TPSA) is 55.6 Å². The Labute approximate surface area is 148 Å². The zero-order valence-corrected chi connectivity index (χ0v) is 13.7. The number of hydrogen-bond acceptors (Lipinski definition) is 4. The zero-order valence-electron chi connectivity index (χ0n) is 13.7. The lowest BCUT2D eigenvalue weighted by Gasteiger charge is -2.24. The van der Waals surface area contributed by atoms with Crippen molar-refractivity contribution in [3.63, 3.8) is 0 Å². The van der Waals surface area contributed by atoms with E-state index in [0.29, 0.717) is 5.95 Å². The number of tetrazole rings is 1. The molecule has 1 aliphatic heterocycles. The first-order chi connectivity index (χ1) is 12.8. The van der Waals surface area contributed by atoms with E-state index in [1.807, 2.05) is 18.2 Å². The Kier molecular flexibility index (Phi) is 3.28. The van der Waals surface area contributed by atoms with Gasteiger partial charge in [-0.2, -0.15) is 4.68 Å². The molecule has 0 aliphatic carbocycles. The molecule has 0 saturated heterocycles. The molecule has 0 amide bonds. The molecule has 1 N–H and O–H groups in total. The minimum atomic E-state index is -0.263. The molecule has 5 nitrogen and oxygen atoms in total. The van der Waals surface area contributed by atoms with Gasteiger partial charge in [0.25, 0.3) is 0 Å². The summed E-state index contributed by atoms with van der Waals surface area (Å²) in [7, 11) is 0. The highest BCUT2D eigenvalue weighted by Gasteiger charge is 2.25. The molecule has 6 heteroatoms. The molecule has 0 saturated carbocycles. The van der Waals surface area contributed by atoms with Crippen LogP contribution in [0.5, 0.6) is 0 Å². The van der Waals surface area contributed by atoms with Crippen LogP contribution in [0.1, 0.15) is 17.2 Å². The largest absolute Gasteiger partial charge is 0.323 e. The Morgan fingerprint density at radius 2 is 1.73 bits per heavy atom. The van der Waals surface area contributed by atoms with Crippen molar-refractivity contribution in [3.8, 4) is 0 Å². The maximum absolute atomic E-state index is 13.3. The van der Waals surface area contributed by atoms with Crippen LogP contribution in [0.25, 0.3) is 16.5 Å². The van der Waals surface area contributed by atoms with Crippen molar-refractivity contribution in [2.45, 2.75) is 6.04 Å². The highest BCUT2D eigenvalue weighted by Crippen LogP contribution is 2.34. The monoisotopic (exact) mass is 343 g/mol. The van der Waals surface area contributed by atoms with E-state index in [2.05, 4.69) is 51.2 Å². The van der Waals surface area contributed by atoms with Crippen molar-refractivity contribution >= 4 is 22.4 Å². The number of allylic oxidation sites excluding steroid dienone is 1. The van der Waals surface area contributed by atoms with Crippen LogP contribution in [-0.4, -0.2) is 20.2 Å². The molecule has 126 valence electrons. The third-order valence-corrected chi connectivity index (χ3v) is 4.62. The fourth-order valence-corrected chi connectivity index (χ4v) is 3.38. The summed E-state index contributed by atoms with van der Waals surface area (Å²) in [6.45, 7) is 0. The minimum Gasteiger partial charge on any atom is -0.323 e. The molecule has 0 spiro atoms. The Bertz CT molecular complexity index is 1130. The predicted molar refractivity (Wildman–Crippen MR) is 97.9 cm³/mol. The smallest absolute Gasteiger partial charge is 0.248 e. The summed E-state index contributed by atoms with van der Waals surface area (Å²) in [5, 5.41) is 17.6. The zero-order chi connectivity index (χ0) is 17.5. The van der Waals surface area contributed by atoms with Crippen LogP contribution in [0, 0.1) is 5.82 Å². The maximum atomic E-state index is 13.3. The van der Waals surface area contributed by atoms with Crippen LogP contribution in [-0.2, 0) is 0 Å². The maximum Gasteiger partial charge on any atom is 0.248 e. The first-order valence-corrected chi connectivity index (χ1v) is 8.30. The number of hydrogen-bond donors (Lipinski definition) is 1. The Morgan fingerprint density at radius 3 is 2.62 bits per heavy atom. The summed E-state index contributed by atoms with van der Waals surface area (Å²) in [5.74, 6) is 0.297. The van der Waals surface area contributed by atoms with Crippen molar-refractivity contribution in [2.24, 2.45) is 0 Å². The van der Waals surface area contributed by atoms with Crippen LogP contribution in [0.4, 0.5) is 10.3 Å². The first kappa shape index (κ1) is 14.8. The molecular formula is C20H14FN5. The van der Waals surface area contributed by atoms with E-state index in [4.69, 9.17) is 0 Å². The lowest BCUT2D eigenvalue weighted by Crippen LogP contribution is -2.20. The van der Waals surface area contributed by atoms with Crippen LogP contribution in [0.2, 0.25) is 0 Å². The van der Waals surface area contributed by atoms with Crippen LogP contribution in [0.3, 0.4) is 0 Å². The Morgan fingerprint density at radius 1 is 0.923 bits per heavy atom. The molecule has 1 aliphatic rings. The molecule has 0 bridgehead atoms. The van der Waals surface area contributed by atoms with Crippen LogP contribution in [0.15, 0.2) is 72.8 Å². The van der Waals surface area contributed by atoms with Gasteiger partial charge in [-0.1, -0.05) is 47.6 Å². The van der Waals surface area contributed by atoms with E-state index >= 15 is 0 Å². The summed E-state index contributed by atoms with van der Waals surface area (Å²) in [6, 6.07) is 20.7. The molecule has 1 aromatic heterocycles. The number of fused-ring (bicyclic) bond motifs is 2. The Balaban J connectivity index is 1.70. The van der Waals surface area contributed by atoms with Crippen LogP contribution < -0.4 is 5.32 Å². The molecule has 2 heterocycles. The lowest BCUT2D eigenvalue weighted by atomic mass is 9.96. The normalized spacial score (nSPS) is 16.0. The van der Waals surface area contributed by atoms with Gasteiger partial charge in [0.1, 0.15) is 11.9 Å². The number of aromatic nitrogens is 4. The fourth-order valence-electron chi connectivity index (χ4n) is 3.38. The molecule has 4 aromatic rings. The average molecular weight is 343 g/mol. The van der Waals surface area contributed by atoms with E-state index in [9.17, 15) is 4.39 Å². The van der Waals surface area contributed by atoms with Crippen molar-refractivity contribution in [1.29, 1.82) is 0 Å². The van der Waals surface area contributed by atoms with Gasteiger partial charge in [-0.25, -0.2) is 4.39 Å². The fraction of sp³-hybridized carbons (Fsp3) is 0.0500. The number of anilines is 1.